The fourth-order valence-electron chi connectivity index (χ4n) is 3.77. The molecule has 0 saturated carbocycles. The van der Waals surface area contributed by atoms with Gasteiger partial charge in [-0.1, -0.05) is 12.1 Å². The van der Waals surface area contributed by atoms with E-state index in [-0.39, 0.29) is 5.91 Å². The Balaban J connectivity index is 1.56. The van der Waals surface area contributed by atoms with Gasteiger partial charge in [0.05, 0.1) is 31.4 Å². The number of hydrogen-bond acceptors (Lipinski definition) is 7. The molecule has 32 heavy (non-hydrogen) atoms. The molecule has 4 rings (SSSR count). The highest BCUT2D eigenvalue weighted by molar-refractivity contribution is 6.04. The number of rotatable bonds is 9. The first-order valence-corrected chi connectivity index (χ1v) is 10.8. The van der Waals surface area contributed by atoms with Gasteiger partial charge in [0.1, 0.15) is 11.6 Å². The van der Waals surface area contributed by atoms with Crippen LogP contribution in [0.4, 0.5) is 0 Å². The molecule has 2 N–H and O–H groups in total. The highest BCUT2D eigenvalue weighted by Gasteiger charge is 2.17. The molecule has 1 fully saturated rings. The Labute approximate surface area is 187 Å². The number of carbonyl (C=O) groups excluding carboxylic acids is 1. The second-order valence-electron chi connectivity index (χ2n) is 7.66. The number of benzene rings is 1. The molecule has 3 heterocycles. The van der Waals surface area contributed by atoms with Gasteiger partial charge in [0.15, 0.2) is 5.65 Å². The summed E-state index contributed by atoms with van der Waals surface area (Å²) in [5.74, 6) is 1.28. The van der Waals surface area contributed by atoms with Crippen LogP contribution in [-0.4, -0.2) is 79.4 Å². The van der Waals surface area contributed by atoms with Crippen LogP contribution in [0.3, 0.4) is 0 Å². The summed E-state index contributed by atoms with van der Waals surface area (Å²) in [4.78, 5) is 27.2. The predicted octanol–water partition coefficient (Wildman–Crippen LogP) is 2.23. The molecule has 2 aromatic heterocycles. The Bertz CT molecular complexity index is 1060. The van der Waals surface area contributed by atoms with Crippen molar-refractivity contribution in [3.8, 4) is 17.1 Å². The molecule has 0 spiro atoms. The number of imidazole rings is 1. The van der Waals surface area contributed by atoms with Gasteiger partial charge in [0, 0.05) is 57.2 Å². The van der Waals surface area contributed by atoms with Crippen LogP contribution in [0.2, 0.25) is 0 Å². The summed E-state index contributed by atoms with van der Waals surface area (Å²) in [6, 6.07) is 7.74. The third-order valence-electron chi connectivity index (χ3n) is 5.51. The molecule has 1 aliphatic heterocycles. The van der Waals surface area contributed by atoms with Crippen molar-refractivity contribution in [2.45, 2.75) is 13.0 Å². The number of fused-ring (bicyclic) bond motifs is 1. The minimum Gasteiger partial charge on any atom is -0.496 e. The van der Waals surface area contributed by atoms with Crippen molar-refractivity contribution in [2.24, 2.45) is 0 Å². The molecular formula is C23H29N5O4. The number of hydrogen-bond donors (Lipinski definition) is 2. The molecular weight excluding hydrogens is 410 g/mol. The van der Waals surface area contributed by atoms with E-state index in [4.69, 9.17) is 14.2 Å². The number of nitrogens with one attached hydrogen (secondary N) is 2. The number of morpholine rings is 1. The standard InChI is InChI=1S/C23H29N5O4/c1-30-11-3-7-25-23(29)18-6-8-24-22-20(18)26-21(27-22)16-4-5-17(19(14-16)31-2)15-28-9-12-32-13-10-28/h4-6,8,14H,3,7,9-13,15H2,1-2H3,(H,25,29)(H,24,26,27). The lowest BCUT2D eigenvalue weighted by molar-refractivity contribution is 0.0339. The van der Waals surface area contributed by atoms with Crippen molar-refractivity contribution >= 4 is 17.1 Å². The highest BCUT2D eigenvalue weighted by atomic mass is 16.5. The van der Waals surface area contributed by atoms with Gasteiger partial charge in [0.2, 0.25) is 0 Å². The minimum atomic E-state index is -0.165. The number of aromatic nitrogens is 3. The second-order valence-corrected chi connectivity index (χ2v) is 7.66. The smallest absolute Gasteiger partial charge is 0.253 e. The van der Waals surface area contributed by atoms with E-state index in [0.29, 0.717) is 35.7 Å². The van der Waals surface area contributed by atoms with Gasteiger partial charge in [-0.05, 0) is 18.6 Å². The summed E-state index contributed by atoms with van der Waals surface area (Å²) in [5.41, 5.74) is 3.62. The first-order chi connectivity index (χ1) is 15.7. The third kappa shape index (κ3) is 5.07. The summed E-state index contributed by atoms with van der Waals surface area (Å²) < 4.78 is 16.1. The number of carbonyl (C=O) groups is 1. The normalized spacial score (nSPS) is 14.6. The average Bonchev–Trinajstić information content (AvgIpc) is 3.27. The molecule has 1 aliphatic rings. The van der Waals surface area contributed by atoms with Crippen molar-refractivity contribution in [3.63, 3.8) is 0 Å². The van der Waals surface area contributed by atoms with Gasteiger partial charge >= 0.3 is 0 Å². The van der Waals surface area contributed by atoms with Crippen LogP contribution >= 0.6 is 0 Å². The van der Waals surface area contributed by atoms with E-state index >= 15 is 0 Å². The van der Waals surface area contributed by atoms with Crippen molar-refractivity contribution in [1.82, 2.24) is 25.2 Å². The fraction of sp³-hybridized carbons (Fsp3) is 0.435. The van der Waals surface area contributed by atoms with Gasteiger partial charge in [-0.3, -0.25) is 9.69 Å². The second kappa shape index (κ2) is 10.5. The van der Waals surface area contributed by atoms with Crippen LogP contribution < -0.4 is 10.1 Å². The third-order valence-corrected chi connectivity index (χ3v) is 5.51. The van der Waals surface area contributed by atoms with Crippen LogP contribution in [0.25, 0.3) is 22.6 Å². The highest BCUT2D eigenvalue weighted by Crippen LogP contribution is 2.28. The fourth-order valence-corrected chi connectivity index (χ4v) is 3.77. The number of aromatic amines is 1. The Hall–Kier alpha value is -3.01. The summed E-state index contributed by atoms with van der Waals surface area (Å²) in [5, 5.41) is 2.91. The molecule has 1 saturated heterocycles. The number of amides is 1. The van der Waals surface area contributed by atoms with E-state index in [1.807, 2.05) is 12.1 Å². The lowest BCUT2D eigenvalue weighted by Gasteiger charge is -2.27. The van der Waals surface area contributed by atoms with E-state index in [1.165, 1.54) is 0 Å². The number of pyridine rings is 1. The summed E-state index contributed by atoms with van der Waals surface area (Å²) >= 11 is 0. The summed E-state index contributed by atoms with van der Waals surface area (Å²) in [7, 11) is 3.32. The van der Waals surface area contributed by atoms with Crippen molar-refractivity contribution < 1.29 is 19.0 Å². The monoisotopic (exact) mass is 439 g/mol. The van der Waals surface area contributed by atoms with E-state index in [9.17, 15) is 4.79 Å². The van der Waals surface area contributed by atoms with Gasteiger partial charge in [-0.25, -0.2) is 9.97 Å². The predicted molar refractivity (Wildman–Crippen MR) is 121 cm³/mol. The molecule has 0 bridgehead atoms. The SMILES string of the molecule is COCCCNC(=O)c1ccnc2nc(-c3ccc(CN4CCOCC4)c(OC)c3)[nH]c12. The molecule has 9 heteroatoms. The van der Waals surface area contributed by atoms with Gasteiger partial charge < -0.3 is 24.5 Å². The maximum Gasteiger partial charge on any atom is 0.253 e. The topological polar surface area (TPSA) is 102 Å². The Morgan fingerprint density at radius 3 is 2.88 bits per heavy atom. The largest absolute Gasteiger partial charge is 0.496 e. The van der Waals surface area contributed by atoms with E-state index in [2.05, 4.69) is 31.2 Å². The zero-order valence-corrected chi connectivity index (χ0v) is 18.5. The number of nitrogens with zero attached hydrogens (tertiary/aromatic N) is 3. The first kappa shape index (κ1) is 22.2. The van der Waals surface area contributed by atoms with Gasteiger partial charge in [-0.15, -0.1) is 0 Å². The lowest BCUT2D eigenvalue weighted by atomic mass is 10.1. The van der Waals surface area contributed by atoms with Crippen LogP contribution in [-0.2, 0) is 16.0 Å². The molecule has 0 atom stereocenters. The molecule has 1 aromatic carbocycles. The summed E-state index contributed by atoms with van der Waals surface area (Å²) in [6.07, 6.45) is 2.35. The Morgan fingerprint density at radius 2 is 2.09 bits per heavy atom. The van der Waals surface area contributed by atoms with E-state index in [1.54, 1.807) is 26.5 Å². The number of H-pyrrole nitrogens is 1. The number of ether oxygens (including phenoxy) is 3. The molecule has 0 radical (unpaired) electrons. The maximum atomic E-state index is 12.6. The van der Waals surface area contributed by atoms with Crippen LogP contribution in [0, 0.1) is 0 Å². The van der Waals surface area contributed by atoms with Crippen molar-refractivity contribution in [2.75, 3.05) is 53.7 Å². The van der Waals surface area contributed by atoms with Crippen molar-refractivity contribution in [1.29, 1.82) is 0 Å². The molecule has 9 nitrogen and oxygen atoms in total. The minimum absolute atomic E-state index is 0.165. The van der Waals surface area contributed by atoms with Crippen LogP contribution in [0.15, 0.2) is 30.5 Å². The number of methoxy groups -OCH3 is 2. The summed E-state index contributed by atoms with van der Waals surface area (Å²) in [6.45, 7) is 5.29. The van der Waals surface area contributed by atoms with Crippen molar-refractivity contribution in [3.05, 3.63) is 41.6 Å². The maximum absolute atomic E-state index is 12.6. The van der Waals surface area contributed by atoms with Gasteiger partial charge in [-0.2, -0.15) is 0 Å². The molecule has 1 amide bonds. The molecule has 0 unspecified atom stereocenters. The van der Waals surface area contributed by atoms with Gasteiger partial charge in [0.25, 0.3) is 5.91 Å². The molecule has 170 valence electrons. The lowest BCUT2D eigenvalue weighted by Crippen LogP contribution is -2.35. The molecule has 0 aliphatic carbocycles. The quantitative estimate of drug-likeness (QED) is 0.493. The zero-order chi connectivity index (χ0) is 22.3. The average molecular weight is 440 g/mol. The Morgan fingerprint density at radius 1 is 1.25 bits per heavy atom. The Kier molecular flexibility index (Phi) is 7.31. The van der Waals surface area contributed by atoms with E-state index < -0.39 is 0 Å². The van der Waals surface area contributed by atoms with Crippen LogP contribution in [0.5, 0.6) is 5.75 Å². The van der Waals surface area contributed by atoms with E-state index in [0.717, 1.165) is 56.1 Å². The first-order valence-electron chi connectivity index (χ1n) is 10.8. The molecule has 3 aromatic rings. The zero-order valence-electron chi connectivity index (χ0n) is 18.5. The van der Waals surface area contributed by atoms with Crippen LogP contribution in [0.1, 0.15) is 22.3 Å².